The number of aryl methyl sites for hydroxylation is 2. The number of hydrogen-bond acceptors (Lipinski definition) is 4. The Morgan fingerprint density at radius 3 is 2.52 bits per heavy atom. The fourth-order valence-electron chi connectivity index (χ4n) is 2.33. The van der Waals surface area contributed by atoms with Crippen LogP contribution in [-0.4, -0.2) is 10.1 Å². The lowest BCUT2D eigenvalue weighted by atomic mass is 10.1. The van der Waals surface area contributed by atoms with E-state index in [4.69, 9.17) is 4.74 Å². The van der Waals surface area contributed by atoms with Crippen molar-refractivity contribution in [2.75, 3.05) is 0 Å². The van der Waals surface area contributed by atoms with Gasteiger partial charge in [-0.05, 0) is 49.4 Å². The van der Waals surface area contributed by atoms with E-state index in [9.17, 15) is 5.11 Å². The Kier molecular flexibility index (Phi) is 5.01. The van der Waals surface area contributed by atoms with Crippen molar-refractivity contribution in [2.24, 2.45) is 0 Å². The summed E-state index contributed by atoms with van der Waals surface area (Å²) < 4.78 is 5.94. The average molecular weight is 305 g/mol. The van der Waals surface area contributed by atoms with E-state index < -0.39 is 0 Å². The Morgan fingerprint density at radius 2 is 1.95 bits per heavy atom. The molecular weight excluding hydrogens is 282 g/mol. The van der Waals surface area contributed by atoms with Gasteiger partial charge >= 0.3 is 0 Å². The zero-order valence-electron chi connectivity index (χ0n) is 13.4. The van der Waals surface area contributed by atoms with Gasteiger partial charge in [0.25, 0.3) is 0 Å². The van der Waals surface area contributed by atoms with Crippen LogP contribution in [0.1, 0.15) is 52.0 Å². The van der Waals surface area contributed by atoms with Gasteiger partial charge in [0, 0.05) is 0 Å². The van der Waals surface area contributed by atoms with Crippen molar-refractivity contribution in [3.05, 3.63) is 44.4 Å². The lowest BCUT2D eigenvalue weighted by Crippen LogP contribution is -1.99. The highest BCUT2D eigenvalue weighted by atomic mass is 32.1. The summed E-state index contributed by atoms with van der Waals surface area (Å²) in [6.07, 6.45) is 0. The molecule has 0 unspecified atom stereocenters. The van der Waals surface area contributed by atoms with Crippen molar-refractivity contribution in [2.45, 2.75) is 53.8 Å². The van der Waals surface area contributed by atoms with Gasteiger partial charge in [-0.1, -0.05) is 19.9 Å². The van der Waals surface area contributed by atoms with Crippen molar-refractivity contribution in [3.8, 4) is 5.75 Å². The Bertz CT molecular complexity index is 632. The van der Waals surface area contributed by atoms with Crippen LogP contribution in [0.15, 0.2) is 12.1 Å². The number of thiazole rings is 1. The van der Waals surface area contributed by atoms with Crippen LogP contribution in [0.2, 0.25) is 0 Å². The Morgan fingerprint density at radius 1 is 1.24 bits per heavy atom. The van der Waals surface area contributed by atoms with Gasteiger partial charge in [0.15, 0.2) is 0 Å². The number of aliphatic hydroxyl groups excluding tert-OH is 1. The normalized spacial score (nSPS) is 11.2. The molecule has 3 nitrogen and oxygen atoms in total. The molecule has 114 valence electrons. The van der Waals surface area contributed by atoms with Crippen LogP contribution in [-0.2, 0) is 13.2 Å². The molecule has 0 atom stereocenters. The molecule has 0 amide bonds. The monoisotopic (exact) mass is 305 g/mol. The van der Waals surface area contributed by atoms with E-state index in [-0.39, 0.29) is 6.61 Å². The summed E-state index contributed by atoms with van der Waals surface area (Å²) >= 11 is 1.54. The molecule has 1 aromatic carbocycles. The summed E-state index contributed by atoms with van der Waals surface area (Å²) in [5.41, 5.74) is 4.59. The Labute approximate surface area is 130 Å². The summed E-state index contributed by atoms with van der Waals surface area (Å²) in [7, 11) is 0. The number of nitrogens with zero attached hydrogens (tertiary/aromatic N) is 1. The van der Waals surface area contributed by atoms with Gasteiger partial charge in [0.05, 0.1) is 17.2 Å². The van der Waals surface area contributed by atoms with Crippen LogP contribution in [0.3, 0.4) is 0 Å². The number of aromatic nitrogens is 1. The minimum Gasteiger partial charge on any atom is -0.486 e. The Hall–Kier alpha value is -1.39. The van der Waals surface area contributed by atoms with Gasteiger partial charge in [-0.25, -0.2) is 4.98 Å². The van der Waals surface area contributed by atoms with Crippen LogP contribution in [0.25, 0.3) is 0 Å². The molecule has 0 aliphatic carbocycles. The maximum Gasteiger partial charge on any atom is 0.140 e. The molecule has 1 heterocycles. The first-order valence-corrected chi connectivity index (χ1v) is 8.04. The first-order chi connectivity index (χ1) is 9.92. The number of aliphatic hydroxyl groups is 1. The van der Waals surface area contributed by atoms with E-state index in [1.165, 1.54) is 28.0 Å². The number of rotatable bonds is 5. The molecule has 0 saturated heterocycles. The molecule has 0 aliphatic heterocycles. The predicted molar refractivity (Wildman–Crippen MR) is 87.1 cm³/mol. The highest BCUT2D eigenvalue weighted by Crippen LogP contribution is 2.28. The zero-order valence-corrected chi connectivity index (χ0v) is 14.2. The summed E-state index contributed by atoms with van der Waals surface area (Å²) in [4.78, 5) is 5.55. The van der Waals surface area contributed by atoms with Crippen molar-refractivity contribution in [1.29, 1.82) is 0 Å². The second-order valence-corrected chi connectivity index (χ2v) is 6.89. The number of benzene rings is 1. The van der Waals surface area contributed by atoms with Gasteiger partial charge in [-0.15, -0.1) is 11.3 Å². The zero-order chi connectivity index (χ0) is 15.6. The van der Waals surface area contributed by atoms with Crippen molar-refractivity contribution < 1.29 is 9.84 Å². The van der Waals surface area contributed by atoms with Crippen molar-refractivity contribution in [1.82, 2.24) is 4.98 Å². The number of ether oxygens (including phenoxy) is 1. The molecule has 4 heteroatoms. The molecular formula is C17H23NO2S. The lowest BCUT2D eigenvalue weighted by molar-refractivity contribution is 0.283. The quantitative estimate of drug-likeness (QED) is 0.897. The molecule has 0 saturated carbocycles. The van der Waals surface area contributed by atoms with Gasteiger partial charge in [-0.3, -0.25) is 0 Å². The van der Waals surface area contributed by atoms with E-state index >= 15 is 0 Å². The molecule has 0 spiro atoms. The van der Waals surface area contributed by atoms with Crippen molar-refractivity contribution >= 4 is 11.3 Å². The van der Waals surface area contributed by atoms with Crippen molar-refractivity contribution in [3.63, 3.8) is 0 Å². The third kappa shape index (κ3) is 3.63. The second kappa shape index (κ2) is 6.58. The first kappa shape index (κ1) is 16.0. The molecule has 0 aliphatic rings. The minimum atomic E-state index is 0.0494. The van der Waals surface area contributed by atoms with Crippen LogP contribution < -0.4 is 4.74 Å². The number of hydrogen-bond donors (Lipinski definition) is 1. The molecule has 2 rings (SSSR count). The van der Waals surface area contributed by atoms with E-state index in [0.29, 0.717) is 12.5 Å². The molecule has 21 heavy (non-hydrogen) atoms. The molecule has 2 aromatic rings. The highest BCUT2D eigenvalue weighted by Gasteiger charge is 2.14. The fourth-order valence-corrected chi connectivity index (χ4v) is 3.33. The topological polar surface area (TPSA) is 42.4 Å². The summed E-state index contributed by atoms with van der Waals surface area (Å²) in [6, 6.07) is 4.22. The first-order valence-electron chi connectivity index (χ1n) is 7.22. The highest BCUT2D eigenvalue weighted by molar-refractivity contribution is 7.11. The second-order valence-electron chi connectivity index (χ2n) is 5.72. The van der Waals surface area contributed by atoms with E-state index in [1.807, 2.05) is 0 Å². The summed E-state index contributed by atoms with van der Waals surface area (Å²) in [5, 5.41) is 10.3. The van der Waals surface area contributed by atoms with Crippen LogP contribution in [0, 0.1) is 20.8 Å². The SMILES string of the molecule is Cc1cc(C)c(C)c(OCc2nc(C(C)C)c(CO)s2)c1. The maximum atomic E-state index is 9.41. The van der Waals surface area contributed by atoms with E-state index in [1.54, 1.807) is 0 Å². The standard InChI is InChI=1S/C17H23NO2S/c1-10(2)17-15(8-19)21-16(18-17)9-20-14-7-11(3)6-12(4)13(14)5/h6-7,10,19H,8-9H2,1-5H3. The average Bonchev–Trinajstić information content (AvgIpc) is 2.84. The molecule has 1 aromatic heterocycles. The molecule has 0 fully saturated rings. The minimum absolute atomic E-state index is 0.0494. The third-order valence-electron chi connectivity index (χ3n) is 3.58. The molecule has 0 bridgehead atoms. The van der Waals surface area contributed by atoms with Crippen LogP contribution in [0.4, 0.5) is 0 Å². The molecule has 1 N–H and O–H groups in total. The van der Waals surface area contributed by atoms with Crippen LogP contribution >= 0.6 is 11.3 Å². The fraction of sp³-hybridized carbons (Fsp3) is 0.471. The Balaban J connectivity index is 2.17. The van der Waals surface area contributed by atoms with E-state index in [2.05, 4.69) is 51.7 Å². The van der Waals surface area contributed by atoms with Gasteiger partial charge in [-0.2, -0.15) is 0 Å². The van der Waals surface area contributed by atoms with Gasteiger partial charge < -0.3 is 9.84 Å². The van der Waals surface area contributed by atoms with Gasteiger partial charge in [0.2, 0.25) is 0 Å². The molecule has 0 radical (unpaired) electrons. The predicted octanol–water partition coefficient (Wildman–Crippen LogP) is 4.26. The summed E-state index contributed by atoms with van der Waals surface area (Å²) in [5.74, 6) is 1.24. The van der Waals surface area contributed by atoms with Crippen LogP contribution in [0.5, 0.6) is 5.75 Å². The maximum absolute atomic E-state index is 9.41. The third-order valence-corrected chi connectivity index (χ3v) is 4.61. The largest absolute Gasteiger partial charge is 0.486 e. The lowest BCUT2D eigenvalue weighted by Gasteiger charge is -2.11. The van der Waals surface area contributed by atoms with Gasteiger partial charge in [0.1, 0.15) is 17.4 Å². The summed E-state index contributed by atoms with van der Waals surface area (Å²) in [6.45, 7) is 10.9. The van der Waals surface area contributed by atoms with E-state index in [0.717, 1.165) is 21.3 Å². The smallest absolute Gasteiger partial charge is 0.140 e.